The first-order valence-corrected chi connectivity index (χ1v) is 10.1. The Hall–Kier alpha value is -3.54. The molecule has 0 unspecified atom stereocenters. The molecule has 0 aliphatic heterocycles. The summed E-state index contributed by atoms with van der Waals surface area (Å²) in [4.78, 5) is 25.6. The van der Waals surface area contributed by atoms with Crippen molar-refractivity contribution in [1.29, 1.82) is 0 Å². The van der Waals surface area contributed by atoms with Crippen molar-refractivity contribution in [2.24, 2.45) is 0 Å². The maximum absolute atomic E-state index is 12.4. The summed E-state index contributed by atoms with van der Waals surface area (Å²) < 4.78 is 18.8. The summed E-state index contributed by atoms with van der Waals surface area (Å²) in [5, 5.41) is 16.3. The minimum Gasteiger partial charge on any atom is -0.494 e. The molecule has 1 aromatic carbocycles. The fourth-order valence-electron chi connectivity index (χ4n) is 2.90. The maximum atomic E-state index is 12.4. The first-order chi connectivity index (χ1) is 14.6. The first kappa shape index (κ1) is 19.8. The molecule has 11 nitrogen and oxygen atoms in total. The molecule has 3 heterocycles. The Balaban J connectivity index is 2.13. The van der Waals surface area contributed by atoms with Gasteiger partial charge in [0.1, 0.15) is 5.75 Å². The molecule has 0 bridgehead atoms. The largest absolute Gasteiger partial charge is 0.494 e. The van der Waals surface area contributed by atoms with Crippen molar-refractivity contribution in [3.63, 3.8) is 0 Å². The van der Waals surface area contributed by atoms with Crippen LogP contribution in [0.3, 0.4) is 0 Å². The van der Waals surface area contributed by atoms with Crippen LogP contribution in [0.2, 0.25) is 0 Å². The highest BCUT2D eigenvalue weighted by Gasteiger charge is 2.23. The lowest BCUT2D eigenvalue weighted by Crippen LogP contribution is -2.06. The molecule has 12 heteroatoms. The van der Waals surface area contributed by atoms with E-state index in [2.05, 4.69) is 20.6 Å². The van der Waals surface area contributed by atoms with Crippen LogP contribution in [-0.2, 0) is 9.47 Å². The highest BCUT2D eigenvalue weighted by Crippen LogP contribution is 2.28. The number of carbonyl (C=O) groups excluding carboxylic acids is 2. The number of nitrogens with zero attached hydrogens (tertiary/aromatic N) is 6. The predicted octanol–water partition coefficient (Wildman–Crippen LogP) is 2.30. The standard InChI is InChI=1S/C18H18N6O5S/c1-4-27-10-7-8-11-12(9-10)24-16(14(20-22-24)18(26)29-6-3)30-15-13(17(25)28-5-2)19-21-23(11)15/h7-9H,4-6H2,1-3H3. The van der Waals surface area contributed by atoms with Crippen LogP contribution in [0.15, 0.2) is 18.2 Å². The number of aromatic nitrogens is 6. The van der Waals surface area contributed by atoms with Gasteiger partial charge >= 0.3 is 11.9 Å². The average Bonchev–Trinajstić information content (AvgIpc) is 3.31. The van der Waals surface area contributed by atoms with Gasteiger partial charge in [0.25, 0.3) is 0 Å². The zero-order chi connectivity index (χ0) is 21.3. The topological polar surface area (TPSA) is 122 Å². The van der Waals surface area contributed by atoms with Gasteiger partial charge < -0.3 is 14.2 Å². The Kier molecular flexibility index (Phi) is 5.31. The molecule has 4 aromatic rings. The van der Waals surface area contributed by atoms with Crippen LogP contribution in [0.1, 0.15) is 41.7 Å². The van der Waals surface area contributed by atoms with E-state index < -0.39 is 11.9 Å². The molecule has 0 saturated heterocycles. The monoisotopic (exact) mass is 430 g/mol. The smallest absolute Gasteiger partial charge is 0.362 e. The third kappa shape index (κ3) is 3.24. The van der Waals surface area contributed by atoms with Crippen LogP contribution < -0.4 is 4.74 Å². The van der Waals surface area contributed by atoms with Gasteiger partial charge in [0.2, 0.25) is 11.4 Å². The number of rotatable bonds is 6. The van der Waals surface area contributed by atoms with Gasteiger partial charge in [-0.25, -0.2) is 14.1 Å². The molecule has 0 aliphatic carbocycles. The predicted molar refractivity (Wildman–Crippen MR) is 107 cm³/mol. The molecule has 0 saturated carbocycles. The molecule has 0 amide bonds. The van der Waals surface area contributed by atoms with Crippen LogP contribution in [0.25, 0.3) is 20.7 Å². The van der Waals surface area contributed by atoms with E-state index >= 15 is 0 Å². The zero-order valence-corrected chi connectivity index (χ0v) is 17.3. The molecule has 3 aromatic heterocycles. The molecular formula is C18H18N6O5S. The summed E-state index contributed by atoms with van der Waals surface area (Å²) in [6.45, 7) is 6.15. The summed E-state index contributed by atoms with van der Waals surface area (Å²) >= 11 is 1.09. The number of hydrogen-bond donors (Lipinski definition) is 0. The SMILES string of the molecule is CCOC(=O)c1nnn2c1sc1c(C(=O)OCC)nnn1c1cc(OCC)ccc12. The van der Waals surface area contributed by atoms with E-state index in [1.807, 2.05) is 6.92 Å². The molecule has 0 radical (unpaired) electrons. The van der Waals surface area contributed by atoms with Crippen molar-refractivity contribution >= 4 is 44.0 Å². The van der Waals surface area contributed by atoms with Gasteiger partial charge in [-0.05, 0) is 32.9 Å². The van der Waals surface area contributed by atoms with E-state index in [-0.39, 0.29) is 24.6 Å². The van der Waals surface area contributed by atoms with E-state index in [4.69, 9.17) is 14.2 Å². The fourth-order valence-corrected chi connectivity index (χ4v) is 3.97. The van der Waals surface area contributed by atoms with Gasteiger partial charge in [-0.1, -0.05) is 21.8 Å². The van der Waals surface area contributed by atoms with Crippen LogP contribution in [-0.4, -0.2) is 61.4 Å². The van der Waals surface area contributed by atoms with E-state index in [1.54, 1.807) is 32.0 Å². The summed E-state index contributed by atoms with van der Waals surface area (Å²) in [7, 11) is 0. The van der Waals surface area contributed by atoms with E-state index in [9.17, 15) is 9.59 Å². The van der Waals surface area contributed by atoms with Gasteiger partial charge in [0.15, 0.2) is 9.66 Å². The lowest BCUT2D eigenvalue weighted by atomic mass is 10.3. The number of ether oxygens (including phenoxy) is 3. The second kappa shape index (κ2) is 8.06. The molecule has 0 aliphatic rings. The number of esters is 2. The molecule has 30 heavy (non-hydrogen) atoms. The summed E-state index contributed by atoms with van der Waals surface area (Å²) in [5.41, 5.74) is 1.21. The summed E-state index contributed by atoms with van der Waals surface area (Å²) in [5.74, 6) is -0.626. The van der Waals surface area contributed by atoms with Crippen molar-refractivity contribution in [3.8, 4) is 5.75 Å². The second-order valence-corrected chi connectivity index (χ2v) is 6.91. The lowest BCUT2D eigenvalue weighted by Gasteiger charge is -2.03. The van der Waals surface area contributed by atoms with Crippen molar-refractivity contribution in [2.45, 2.75) is 20.8 Å². The number of carbonyl (C=O) groups is 2. The van der Waals surface area contributed by atoms with Crippen molar-refractivity contribution in [2.75, 3.05) is 19.8 Å². The van der Waals surface area contributed by atoms with Crippen LogP contribution in [0.5, 0.6) is 5.75 Å². The van der Waals surface area contributed by atoms with Gasteiger partial charge in [-0.3, -0.25) is 0 Å². The second-order valence-electron chi connectivity index (χ2n) is 5.94. The highest BCUT2D eigenvalue weighted by molar-refractivity contribution is 7.22. The Morgan fingerprint density at radius 3 is 1.97 bits per heavy atom. The fraction of sp³-hybridized carbons (Fsp3) is 0.333. The van der Waals surface area contributed by atoms with Gasteiger partial charge in [0.05, 0.1) is 30.9 Å². The minimum atomic E-state index is -0.618. The minimum absolute atomic E-state index is 0.0269. The van der Waals surface area contributed by atoms with Crippen molar-refractivity contribution < 1.29 is 23.8 Å². The Morgan fingerprint density at radius 2 is 1.43 bits per heavy atom. The van der Waals surface area contributed by atoms with Crippen LogP contribution >= 0.6 is 11.3 Å². The Labute approximate surface area is 173 Å². The molecule has 0 atom stereocenters. The van der Waals surface area contributed by atoms with Gasteiger partial charge in [-0.2, -0.15) is 4.52 Å². The molecule has 0 fully saturated rings. The quantitative estimate of drug-likeness (QED) is 0.424. The summed E-state index contributed by atoms with van der Waals surface area (Å²) in [6.07, 6.45) is 0. The van der Waals surface area contributed by atoms with Crippen LogP contribution in [0, 0.1) is 0 Å². The van der Waals surface area contributed by atoms with Crippen molar-refractivity contribution in [3.05, 3.63) is 29.6 Å². The third-order valence-electron chi connectivity index (χ3n) is 4.10. The average molecular weight is 430 g/mol. The molecular weight excluding hydrogens is 412 g/mol. The van der Waals surface area contributed by atoms with Gasteiger partial charge in [-0.15, -0.1) is 10.2 Å². The Bertz CT molecular complexity index is 1290. The van der Waals surface area contributed by atoms with Crippen molar-refractivity contribution in [1.82, 2.24) is 29.7 Å². The van der Waals surface area contributed by atoms with Crippen LogP contribution in [0.4, 0.5) is 0 Å². The summed E-state index contributed by atoms with van der Waals surface area (Å²) in [6, 6.07) is 5.30. The molecule has 156 valence electrons. The normalized spacial score (nSPS) is 11.2. The zero-order valence-electron chi connectivity index (χ0n) is 16.5. The number of fused-ring (bicyclic) bond motifs is 5. The third-order valence-corrected chi connectivity index (χ3v) is 5.22. The molecule has 4 rings (SSSR count). The first-order valence-electron chi connectivity index (χ1n) is 9.30. The number of benzene rings is 1. The lowest BCUT2D eigenvalue weighted by molar-refractivity contribution is 0.0512. The molecule has 0 spiro atoms. The highest BCUT2D eigenvalue weighted by atomic mass is 32.1. The van der Waals surface area contributed by atoms with E-state index in [0.717, 1.165) is 11.3 Å². The Morgan fingerprint density at radius 1 is 0.867 bits per heavy atom. The van der Waals surface area contributed by atoms with E-state index in [1.165, 1.54) is 9.03 Å². The maximum Gasteiger partial charge on any atom is 0.362 e. The number of hydrogen-bond acceptors (Lipinski definition) is 10. The molecule has 0 N–H and O–H groups in total. The van der Waals surface area contributed by atoms with Gasteiger partial charge in [0, 0.05) is 6.07 Å². The van der Waals surface area contributed by atoms with E-state index in [0.29, 0.717) is 33.1 Å².